The van der Waals surface area contributed by atoms with Crippen LogP contribution in [0, 0.1) is 43.3 Å². The lowest BCUT2D eigenvalue weighted by atomic mass is 9.72. The molecule has 0 bridgehead atoms. The van der Waals surface area contributed by atoms with E-state index in [1.54, 1.807) is 0 Å². The van der Waals surface area contributed by atoms with E-state index in [0.29, 0.717) is 0 Å². The SMILES string of the molecule is Cc1cc(CC2CCC(CC3CCC(C)CC3)CC2)cc(C)c1F. The first-order chi connectivity index (χ1) is 11.5. The molecule has 0 heterocycles. The molecule has 0 N–H and O–H groups in total. The maximum absolute atomic E-state index is 13.8. The number of aryl methyl sites for hydroxylation is 2. The van der Waals surface area contributed by atoms with Crippen LogP contribution < -0.4 is 0 Å². The monoisotopic (exact) mass is 330 g/mol. The summed E-state index contributed by atoms with van der Waals surface area (Å²) < 4.78 is 13.8. The molecule has 2 aliphatic rings. The summed E-state index contributed by atoms with van der Waals surface area (Å²) in [4.78, 5) is 0. The lowest BCUT2D eigenvalue weighted by molar-refractivity contribution is 0.195. The average molecular weight is 331 g/mol. The zero-order valence-electron chi connectivity index (χ0n) is 15.9. The third-order valence-corrected chi connectivity index (χ3v) is 6.79. The Morgan fingerprint density at radius 2 is 1.25 bits per heavy atom. The second-order valence-corrected chi connectivity index (χ2v) is 9.00. The summed E-state index contributed by atoms with van der Waals surface area (Å²) in [5, 5.41) is 0. The minimum absolute atomic E-state index is 0.0238. The average Bonchev–Trinajstić information content (AvgIpc) is 2.56. The van der Waals surface area contributed by atoms with E-state index >= 15 is 0 Å². The highest BCUT2D eigenvalue weighted by molar-refractivity contribution is 5.30. The van der Waals surface area contributed by atoms with Gasteiger partial charge < -0.3 is 0 Å². The molecule has 134 valence electrons. The Balaban J connectivity index is 1.45. The molecule has 0 amide bonds. The third-order valence-electron chi connectivity index (χ3n) is 6.79. The largest absolute Gasteiger partial charge is 0.206 e. The Morgan fingerprint density at radius 3 is 1.79 bits per heavy atom. The third kappa shape index (κ3) is 4.61. The van der Waals surface area contributed by atoms with Crippen LogP contribution >= 0.6 is 0 Å². The van der Waals surface area contributed by atoms with E-state index < -0.39 is 0 Å². The Labute approximate surface area is 148 Å². The van der Waals surface area contributed by atoms with Gasteiger partial charge in [-0.05, 0) is 79.9 Å². The lowest BCUT2D eigenvalue weighted by Gasteiger charge is -2.33. The molecule has 0 spiro atoms. The van der Waals surface area contributed by atoms with E-state index in [2.05, 4.69) is 19.1 Å². The summed E-state index contributed by atoms with van der Waals surface area (Å²) in [5.41, 5.74) is 2.96. The van der Waals surface area contributed by atoms with E-state index in [1.807, 2.05) is 13.8 Å². The number of halogens is 1. The summed E-state index contributed by atoms with van der Waals surface area (Å²) in [6.07, 6.45) is 14.1. The topological polar surface area (TPSA) is 0 Å². The van der Waals surface area contributed by atoms with Gasteiger partial charge in [0, 0.05) is 0 Å². The Kier molecular flexibility index (Phi) is 6.00. The molecule has 0 unspecified atom stereocenters. The molecule has 2 saturated carbocycles. The molecule has 1 aromatic carbocycles. The molecular formula is C23H35F. The van der Waals surface area contributed by atoms with Crippen molar-refractivity contribution in [3.8, 4) is 0 Å². The second kappa shape index (κ2) is 8.02. The Hall–Kier alpha value is -0.850. The summed E-state index contributed by atoms with van der Waals surface area (Å²) in [5.74, 6) is 3.77. The first-order valence-corrected chi connectivity index (χ1v) is 10.3. The Bertz CT molecular complexity index is 508. The van der Waals surface area contributed by atoms with Gasteiger partial charge in [-0.25, -0.2) is 4.39 Å². The highest BCUT2D eigenvalue weighted by atomic mass is 19.1. The van der Waals surface area contributed by atoms with E-state index in [9.17, 15) is 4.39 Å². The van der Waals surface area contributed by atoms with E-state index in [-0.39, 0.29) is 5.82 Å². The Morgan fingerprint density at radius 1 is 0.792 bits per heavy atom. The minimum Gasteiger partial charge on any atom is -0.206 e. The molecule has 1 heteroatoms. The van der Waals surface area contributed by atoms with Crippen molar-refractivity contribution in [2.75, 3.05) is 0 Å². The van der Waals surface area contributed by atoms with Crippen LogP contribution in [0.25, 0.3) is 0 Å². The van der Waals surface area contributed by atoms with Gasteiger partial charge in [0.15, 0.2) is 0 Å². The van der Waals surface area contributed by atoms with Crippen molar-refractivity contribution in [1.29, 1.82) is 0 Å². The number of rotatable bonds is 4. The van der Waals surface area contributed by atoms with E-state index in [0.717, 1.165) is 41.2 Å². The van der Waals surface area contributed by atoms with Crippen LogP contribution in [-0.2, 0) is 6.42 Å². The van der Waals surface area contributed by atoms with Crippen molar-refractivity contribution in [1.82, 2.24) is 0 Å². The zero-order valence-corrected chi connectivity index (χ0v) is 15.9. The highest BCUT2D eigenvalue weighted by Gasteiger charge is 2.26. The summed E-state index contributed by atoms with van der Waals surface area (Å²) in [7, 11) is 0. The standard InChI is InChI=1S/C23H35F/c1-16-4-6-19(7-5-16)14-20-8-10-21(11-9-20)15-22-12-17(2)23(24)18(3)13-22/h12-13,16,19-21H,4-11,14-15H2,1-3H3. The van der Waals surface area contributed by atoms with Gasteiger partial charge in [0.1, 0.15) is 5.82 Å². The second-order valence-electron chi connectivity index (χ2n) is 9.00. The van der Waals surface area contributed by atoms with Crippen molar-refractivity contribution >= 4 is 0 Å². The van der Waals surface area contributed by atoms with E-state index in [1.165, 1.54) is 63.4 Å². The van der Waals surface area contributed by atoms with Gasteiger partial charge >= 0.3 is 0 Å². The normalized spacial score (nSPS) is 31.2. The molecular weight excluding hydrogens is 295 g/mol. The maximum Gasteiger partial charge on any atom is 0.129 e. The molecule has 0 saturated heterocycles. The van der Waals surface area contributed by atoms with Crippen molar-refractivity contribution < 1.29 is 4.39 Å². The molecule has 0 nitrogen and oxygen atoms in total. The number of hydrogen-bond donors (Lipinski definition) is 0. The van der Waals surface area contributed by atoms with Crippen molar-refractivity contribution in [3.05, 3.63) is 34.6 Å². The zero-order chi connectivity index (χ0) is 17.1. The number of benzene rings is 1. The van der Waals surface area contributed by atoms with Crippen LogP contribution in [0.15, 0.2) is 12.1 Å². The van der Waals surface area contributed by atoms with Gasteiger partial charge in [-0.2, -0.15) is 0 Å². The molecule has 0 atom stereocenters. The minimum atomic E-state index is -0.0238. The summed E-state index contributed by atoms with van der Waals surface area (Å²) in [6, 6.07) is 4.13. The predicted octanol–water partition coefficient (Wildman–Crippen LogP) is 7.01. The van der Waals surface area contributed by atoms with Gasteiger partial charge in [-0.15, -0.1) is 0 Å². The van der Waals surface area contributed by atoms with Crippen molar-refractivity contribution in [3.63, 3.8) is 0 Å². The summed E-state index contributed by atoms with van der Waals surface area (Å²) >= 11 is 0. The lowest BCUT2D eigenvalue weighted by Crippen LogP contribution is -2.21. The van der Waals surface area contributed by atoms with Crippen LogP contribution in [0.2, 0.25) is 0 Å². The van der Waals surface area contributed by atoms with Crippen molar-refractivity contribution in [2.24, 2.45) is 23.7 Å². The molecule has 3 rings (SSSR count). The molecule has 0 aromatic heterocycles. The molecule has 2 aliphatic carbocycles. The van der Waals surface area contributed by atoms with E-state index in [4.69, 9.17) is 0 Å². The van der Waals surface area contributed by atoms with Gasteiger partial charge in [0.2, 0.25) is 0 Å². The van der Waals surface area contributed by atoms with Gasteiger partial charge in [0.25, 0.3) is 0 Å². The van der Waals surface area contributed by atoms with Crippen LogP contribution in [0.4, 0.5) is 4.39 Å². The predicted molar refractivity (Wildman–Crippen MR) is 101 cm³/mol. The maximum atomic E-state index is 13.8. The van der Waals surface area contributed by atoms with Crippen LogP contribution in [0.3, 0.4) is 0 Å². The van der Waals surface area contributed by atoms with Gasteiger partial charge in [-0.1, -0.05) is 57.6 Å². The van der Waals surface area contributed by atoms with Crippen LogP contribution in [-0.4, -0.2) is 0 Å². The quantitative estimate of drug-likeness (QED) is 0.557. The molecule has 0 aliphatic heterocycles. The smallest absolute Gasteiger partial charge is 0.129 e. The molecule has 0 radical (unpaired) electrons. The summed E-state index contributed by atoms with van der Waals surface area (Å²) in [6.45, 7) is 6.21. The highest BCUT2D eigenvalue weighted by Crippen LogP contribution is 2.39. The van der Waals surface area contributed by atoms with Crippen molar-refractivity contribution in [2.45, 2.75) is 85.0 Å². The fourth-order valence-corrected chi connectivity index (χ4v) is 5.19. The molecule has 1 aromatic rings. The molecule has 24 heavy (non-hydrogen) atoms. The fourth-order valence-electron chi connectivity index (χ4n) is 5.19. The van der Waals surface area contributed by atoms with Gasteiger partial charge in [-0.3, -0.25) is 0 Å². The number of hydrogen-bond acceptors (Lipinski definition) is 0. The van der Waals surface area contributed by atoms with Crippen LogP contribution in [0.5, 0.6) is 0 Å². The van der Waals surface area contributed by atoms with Gasteiger partial charge in [0.05, 0.1) is 0 Å². The van der Waals surface area contributed by atoms with Crippen LogP contribution in [0.1, 0.15) is 81.4 Å². The molecule has 2 fully saturated rings. The first-order valence-electron chi connectivity index (χ1n) is 10.3. The fraction of sp³-hybridized carbons (Fsp3) is 0.739. The first kappa shape index (κ1) is 18.0.